The summed E-state index contributed by atoms with van der Waals surface area (Å²) >= 11 is 8.07. The van der Waals surface area contributed by atoms with Crippen molar-refractivity contribution in [3.63, 3.8) is 0 Å². The number of rotatable bonds is 42. The Hall–Kier alpha value is -10.7. The summed E-state index contributed by atoms with van der Waals surface area (Å²) in [6.45, 7) is 11.2. The molecule has 4 aromatic carbocycles. The van der Waals surface area contributed by atoms with E-state index in [1.807, 2.05) is 30.5 Å². The van der Waals surface area contributed by atoms with Gasteiger partial charge in [-0.15, -0.1) is 22.9 Å². The average Bonchev–Trinajstić information content (AvgIpc) is 1.57. The van der Waals surface area contributed by atoms with Gasteiger partial charge in [-0.2, -0.15) is 0 Å². The number of fused-ring (bicyclic) bond motifs is 5. The fourth-order valence-electron chi connectivity index (χ4n) is 13.2. The van der Waals surface area contributed by atoms with Crippen LogP contribution in [0.1, 0.15) is 96.0 Å². The zero-order valence-corrected chi connectivity index (χ0v) is 65.0. The number of urea groups is 1. The molecule has 112 heavy (non-hydrogen) atoms. The molecule has 3 aliphatic heterocycles. The number of nitrogens with zero attached hydrogens (tertiary/aromatic N) is 6. The normalized spacial score (nSPS) is 14.6. The standard InChI is InChI=1S/C78H97ClN14O18S/c1-48(2)70(87-65(95)21-30-105-33-35-107-37-38-108-36-34-106-31-23-82-64(94)20-26-91-66(96)18-19-67(91)97)75(101)93(61(72(80)98)9-8-22-83-76(81)102)55-13-10-50(11-14-55)46-110-77(103)88(4)27-28-89(5)78(104)111-63-43-62-69(68-49(3)47-112-71(63)68)53(44-79)45-92(62)74(100)60-42-51-39-54(12-16-57(51)86-60)84-73(99)59-41-52-40-56(15-17-58(52)85-59)109-32-29-90-24-6-7-25-90/h10-19,39-43,47-48,53,61,70,85-86H,6-9,20-38,44-46H2,1-5H3,(H2,80,98)(H,82,94)(H,84,99)(H,87,95)(H3,81,83,102)/t53-,61+,70+/m1/s1. The Balaban J connectivity index is 0.675. The van der Waals surface area contributed by atoms with Gasteiger partial charge in [0.25, 0.3) is 29.5 Å². The molecule has 600 valence electrons. The minimum Gasteiger partial charge on any atom is -0.492 e. The lowest BCUT2D eigenvalue weighted by molar-refractivity contribution is -0.137. The van der Waals surface area contributed by atoms with Crippen LogP contribution in [0.2, 0.25) is 0 Å². The highest BCUT2D eigenvalue weighted by molar-refractivity contribution is 7.17. The van der Waals surface area contributed by atoms with Gasteiger partial charge in [0.2, 0.25) is 17.7 Å². The molecule has 0 bridgehead atoms. The summed E-state index contributed by atoms with van der Waals surface area (Å²) < 4.78 is 40.7. The Labute approximate surface area is 656 Å². The van der Waals surface area contributed by atoms with Crippen LogP contribution in [-0.2, 0) is 59.1 Å². The number of benzene rings is 4. The van der Waals surface area contributed by atoms with Gasteiger partial charge in [-0.1, -0.05) is 26.0 Å². The van der Waals surface area contributed by atoms with Crippen LogP contribution in [-0.4, -0.2) is 245 Å². The molecule has 0 saturated carbocycles. The predicted molar refractivity (Wildman–Crippen MR) is 421 cm³/mol. The van der Waals surface area contributed by atoms with Crippen LogP contribution in [0.15, 0.2) is 96.4 Å². The molecule has 10 N–H and O–H groups in total. The predicted octanol–water partition coefficient (Wildman–Crippen LogP) is 7.25. The molecular weight excluding hydrogens is 1490 g/mol. The van der Waals surface area contributed by atoms with Gasteiger partial charge in [0, 0.05) is 141 Å². The molecule has 1 fully saturated rings. The second-order valence-electron chi connectivity index (χ2n) is 27.7. The largest absolute Gasteiger partial charge is 0.492 e. The number of H-pyrrole nitrogens is 2. The van der Waals surface area contributed by atoms with Gasteiger partial charge in [0.05, 0.1) is 63.2 Å². The van der Waals surface area contributed by atoms with E-state index in [0.29, 0.717) is 50.5 Å². The smallest absolute Gasteiger partial charge is 0.415 e. The molecule has 7 aromatic rings. The lowest BCUT2D eigenvalue weighted by Crippen LogP contribution is -2.57. The van der Waals surface area contributed by atoms with Crippen molar-refractivity contribution in [1.29, 1.82) is 0 Å². The highest BCUT2D eigenvalue weighted by Crippen LogP contribution is 2.49. The van der Waals surface area contributed by atoms with Crippen molar-refractivity contribution in [2.45, 2.75) is 83.9 Å². The summed E-state index contributed by atoms with van der Waals surface area (Å²) in [6, 6.07) is 19.4. The van der Waals surface area contributed by atoms with Crippen molar-refractivity contribution in [2.75, 3.05) is 153 Å². The third kappa shape index (κ3) is 22.6. The molecule has 0 spiro atoms. The number of ether oxygens (including phenoxy) is 7. The molecule has 3 atom stereocenters. The number of carbonyl (C=O) groups is 11. The molecule has 32 nitrogen and oxygen atoms in total. The number of hydrogen-bond acceptors (Lipinski definition) is 20. The number of thiophene rings is 1. The number of hydrogen-bond donors (Lipinski definition) is 8. The maximum Gasteiger partial charge on any atom is 0.415 e. The molecule has 34 heteroatoms. The SMILES string of the molecule is Cc1csc2c(OC(=O)N(C)CCN(C)C(=O)OCc3ccc(N(C(=O)[C@@H](NC(=O)CCOCCOCCOCCOCCNC(=O)CCN4C(=O)C=CC4=O)C(C)C)[C@@H](CCCNC(N)=O)C(N)=O)cc3)cc3c(c12)[C@H](CCl)CN3C(=O)c1cc2cc(NC(=O)c3cc4cc(OCCN5CCCC5)ccc4[nH]3)ccc2[nH]1. The molecule has 10 rings (SSSR count). The van der Waals surface area contributed by atoms with Gasteiger partial charge < -0.3 is 90.6 Å². The fourth-order valence-corrected chi connectivity index (χ4v) is 14.4. The first-order chi connectivity index (χ1) is 53.9. The molecule has 0 aliphatic carbocycles. The summed E-state index contributed by atoms with van der Waals surface area (Å²) in [5, 5.41) is 15.2. The number of nitrogens with one attached hydrogen (secondary N) is 6. The Kier molecular flexibility index (Phi) is 30.3. The number of alkyl halides is 1. The first-order valence-electron chi connectivity index (χ1n) is 37.3. The van der Waals surface area contributed by atoms with Gasteiger partial charge in [-0.05, 0) is 134 Å². The molecule has 6 heterocycles. The van der Waals surface area contributed by atoms with Crippen molar-refractivity contribution in [2.24, 2.45) is 17.4 Å². The number of amides is 12. The van der Waals surface area contributed by atoms with Crippen molar-refractivity contribution >= 4 is 137 Å². The molecule has 0 unspecified atom stereocenters. The number of nitrogens with two attached hydrogens (primary N) is 2. The number of aromatic amines is 2. The number of carbonyl (C=O) groups excluding carboxylic acids is 11. The number of aryl methyl sites for hydroxylation is 1. The number of imide groups is 1. The Morgan fingerprint density at radius 1 is 0.705 bits per heavy atom. The first kappa shape index (κ1) is 83.8. The molecular formula is C78H97ClN14O18S. The van der Waals surface area contributed by atoms with Gasteiger partial charge in [0.1, 0.15) is 42.4 Å². The van der Waals surface area contributed by atoms with Crippen LogP contribution in [0, 0.1) is 12.8 Å². The van der Waals surface area contributed by atoms with E-state index in [0.717, 1.165) is 69.9 Å². The quantitative estimate of drug-likeness (QED) is 0.0106. The zero-order valence-electron chi connectivity index (χ0n) is 63.4. The van der Waals surface area contributed by atoms with Crippen LogP contribution < -0.4 is 52.0 Å². The Bertz CT molecular complexity index is 4540. The summed E-state index contributed by atoms with van der Waals surface area (Å²) in [5.41, 5.74) is 17.0. The summed E-state index contributed by atoms with van der Waals surface area (Å²) in [4.78, 5) is 159. The Morgan fingerprint density at radius 3 is 2.02 bits per heavy atom. The van der Waals surface area contributed by atoms with Crippen molar-refractivity contribution < 1.29 is 85.9 Å². The molecule has 12 amide bonds. The number of likely N-dealkylation sites (N-methyl/N-ethyl adjacent to an activating group) is 2. The third-order valence-corrected chi connectivity index (χ3v) is 20.7. The van der Waals surface area contributed by atoms with Gasteiger partial charge >= 0.3 is 18.2 Å². The van der Waals surface area contributed by atoms with Crippen molar-refractivity contribution in [1.82, 2.24) is 45.5 Å². The van der Waals surface area contributed by atoms with E-state index in [1.165, 1.54) is 53.0 Å². The maximum atomic E-state index is 14.7. The number of anilines is 3. The highest BCUT2D eigenvalue weighted by Gasteiger charge is 2.39. The number of aromatic nitrogens is 2. The van der Waals surface area contributed by atoms with E-state index < -0.39 is 65.8 Å². The van der Waals surface area contributed by atoms with Crippen LogP contribution in [0.3, 0.4) is 0 Å². The van der Waals surface area contributed by atoms with E-state index in [4.69, 9.17) is 56.2 Å². The zero-order chi connectivity index (χ0) is 80.0. The second-order valence-corrected chi connectivity index (χ2v) is 28.9. The second kappa shape index (κ2) is 40.5. The lowest BCUT2D eigenvalue weighted by atomic mass is 9.97. The van der Waals surface area contributed by atoms with E-state index in [1.54, 1.807) is 79.4 Å². The number of primary amides is 2. The Morgan fingerprint density at radius 2 is 1.35 bits per heavy atom. The maximum absolute atomic E-state index is 14.7. The highest BCUT2D eigenvalue weighted by atomic mass is 35.5. The van der Waals surface area contributed by atoms with Crippen LogP contribution in [0.5, 0.6) is 11.5 Å². The molecule has 3 aromatic heterocycles. The van der Waals surface area contributed by atoms with Crippen LogP contribution in [0.25, 0.3) is 31.9 Å². The minimum absolute atomic E-state index is 0.0000713. The summed E-state index contributed by atoms with van der Waals surface area (Å²) in [6.07, 6.45) is 3.38. The third-order valence-electron chi connectivity index (χ3n) is 19.2. The average molecular weight is 1590 g/mol. The number of likely N-dealkylation sites (tertiary alicyclic amines) is 1. The lowest BCUT2D eigenvalue weighted by Gasteiger charge is -2.34. The number of halogens is 1. The first-order valence-corrected chi connectivity index (χ1v) is 38.7. The molecule has 3 aliphatic rings. The van der Waals surface area contributed by atoms with Crippen LogP contribution >= 0.6 is 22.9 Å². The van der Waals surface area contributed by atoms with E-state index in [2.05, 4.69) is 36.1 Å². The van der Waals surface area contributed by atoms with E-state index >= 15 is 0 Å². The van der Waals surface area contributed by atoms with E-state index in [9.17, 15) is 52.7 Å². The van der Waals surface area contributed by atoms with Crippen LogP contribution in [0.4, 0.5) is 31.4 Å². The van der Waals surface area contributed by atoms with Gasteiger partial charge in [-0.3, -0.25) is 53.1 Å². The monoisotopic (exact) mass is 1580 g/mol. The summed E-state index contributed by atoms with van der Waals surface area (Å²) in [7, 11) is 3.04. The topological polar surface area (TPSA) is 404 Å². The van der Waals surface area contributed by atoms with E-state index in [-0.39, 0.29) is 165 Å². The van der Waals surface area contributed by atoms with Gasteiger partial charge in [-0.25, -0.2) is 14.4 Å². The van der Waals surface area contributed by atoms with Crippen molar-refractivity contribution in [3.05, 3.63) is 124 Å². The fraction of sp³-hybridized carbons (Fsp3) is 0.449. The molecule has 0 radical (unpaired) electrons. The van der Waals surface area contributed by atoms with Gasteiger partial charge in [0.15, 0.2) is 5.75 Å². The minimum atomic E-state index is -1.25. The summed E-state index contributed by atoms with van der Waals surface area (Å²) in [5.74, 6) is -3.44. The van der Waals surface area contributed by atoms with Crippen molar-refractivity contribution in [3.8, 4) is 11.5 Å². The molecule has 1 saturated heterocycles.